The summed E-state index contributed by atoms with van der Waals surface area (Å²) in [7, 11) is 2.16. The first-order valence-corrected chi connectivity index (χ1v) is 7.69. The van der Waals surface area contributed by atoms with E-state index in [4.69, 9.17) is 4.98 Å². The van der Waals surface area contributed by atoms with Crippen LogP contribution < -0.4 is 4.57 Å². The molecule has 0 atom stereocenters. The summed E-state index contributed by atoms with van der Waals surface area (Å²) in [5.41, 5.74) is 10.1. The number of nitrogens with zero attached hydrogens (tertiary/aromatic N) is 2. The van der Waals surface area contributed by atoms with Gasteiger partial charge >= 0.3 is 0 Å². The van der Waals surface area contributed by atoms with Gasteiger partial charge in [-0.05, 0) is 31.0 Å². The normalized spacial score (nSPS) is 12.1. The third kappa shape index (κ3) is 1.87. The molecule has 2 nitrogen and oxygen atoms in total. The van der Waals surface area contributed by atoms with Crippen LogP contribution in [0.3, 0.4) is 0 Å². The number of aryl methyl sites for hydroxylation is 2. The number of aromatic nitrogens is 2. The molecule has 0 N–H and O–H groups in total. The largest absolute Gasteiger partial charge is 0.243 e. The van der Waals surface area contributed by atoms with Gasteiger partial charge in [0.15, 0.2) is 0 Å². The Morgan fingerprint density at radius 1 is 1.00 bits per heavy atom. The highest BCUT2D eigenvalue weighted by Crippen LogP contribution is 2.34. The van der Waals surface area contributed by atoms with Gasteiger partial charge in [-0.2, -0.15) is 4.57 Å². The molecule has 2 heteroatoms. The maximum atomic E-state index is 4.79. The molecular weight excluding hydrogens is 268 g/mol. The van der Waals surface area contributed by atoms with E-state index in [0.29, 0.717) is 0 Å². The first-order valence-electron chi connectivity index (χ1n) is 7.69. The molecule has 0 saturated heterocycles. The molecule has 0 bridgehead atoms. The summed E-state index contributed by atoms with van der Waals surface area (Å²) in [6, 6.07) is 15.2. The number of rotatable bonds is 1. The summed E-state index contributed by atoms with van der Waals surface area (Å²) in [6.45, 7) is 4.30. The quantitative estimate of drug-likeness (QED) is 0.487. The first kappa shape index (κ1) is 13.2. The Morgan fingerprint density at radius 3 is 2.68 bits per heavy atom. The van der Waals surface area contributed by atoms with E-state index in [9.17, 15) is 0 Å². The fraction of sp³-hybridized carbons (Fsp3) is 0.200. The van der Waals surface area contributed by atoms with Crippen LogP contribution >= 0.6 is 0 Å². The smallest absolute Gasteiger partial charge is 0.231 e. The molecule has 0 spiro atoms. The minimum Gasteiger partial charge on any atom is -0.243 e. The lowest BCUT2D eigenvalue weighted by Crippen LogP contribution is -2.36. The van der Waals surface area contributed by atoms with Crippen molar-refractivity contribution in [1.29, 1.82) is 0 Å². The maximum Gasteiger partial charge on any atom is 0.231 e. The summed E-state index contributed by atoms with van der Waals surface area (Å²) >= 11 is 0. The predicted octanol–water partition coefficient (Wildman–Crippen LogP) is 3.76. The molecule has 4 rings (SSSR count). The van der Waals surface area contributed by atoms with E-state index in [1.54, 1.807) is 0 Å². The first-order chi connectivity index (χ1) is 10.6. The second kappa shape index (κ2) is 4.77. The van der Waals surface area contributed by atoms with E-state index in [1.807, 2.05) is 6.20 Å². The summed E-state index contributed by atoms with van der Waals surface area (Å²) in [6.07, 6.45) is 2.98. The van der Waals surface area contributed by atoms with E-state index in [2.05, 4.69) is 67.9 Å². The molecule has 0 amide bonds. The van der Waals surface area contributed by atoms with Gasteiger partial charge in [-0.1, -0.05) is 42.0 Å². The van der Waals surface area contributed by atoms with Crippen LogP contribution in [0.4, 0.5) is 0 Å². The monoisotopic (exact) mass is 287 g/mol. The average Bonchev–Trinajstić information content (AvgIpc) is 2.90. The van der Waals surface area contributed by atoms with Crippen molar-refractivity contribution in [2.45, 2.75) is 20.3 Å². The molecule has 0 fully saturated rings. The SMILES string of the molecule is Cc1ccc(C)c(-c2cnc3c([n+]2C)Cc2ccccc2-3)c1. The van der Waals surface area contributed by atoms with Crippen LogP contribution in [0, 0.1) is 13.8 Å². The second-order valence-corrected chi connectivity index (χ2v) is 6.15. The molecular formula is C20H19N2+. The molecule has 1 aromatic heterocycles. The zero-order valence-electron chi connectivity index (χ0n) is 13.2. The standard InChI is InChI=1S/C20H19N2/c1-13-8-9-14(2)17(10-13)19-12-21-20-16-7-5-4-6-15(16)11-18(20)22(19)3/h4-10,12H,11H2,1-3H3/q+1. The molecule has 3 aromatic rings. The highest BCUT2D eigenvalue weighted by Gasteiger charge is 2.29. The van der Waals surface area contributed by atoms with E-state index < -0.39 is 0 Å². The summed E-state index contributed by atoms with van der Waals surface area (Å²) in [4.78, 5) is 4.79. The minimum atomic E-state index is 0.966. The highest BCUT2D eigenvalue weighted by atomic mass is 15.0. The van der Waals surface area contributed by atoms with Gasteiger partial charge in [0.05, 0.1) is 12.0 Å². The van der Waals surface area contributed by atoms with Crippen LogP contribution in [0.25, 0.3) is 22.5 Å². The van der Waals surface area contributed by atoms with Crippen molar-refractivity contribution in [3.63, 3.8) is 0 Å². The third-order valence-electron chi connectivity index (χ3n) is 4.65. The molecule has 1 aliphatic rings. The molecule has 0 radical (unpaired) electrons. The minimum absolute atomic E-state index is 0.966. The Kier molecular flexibility index (Phi) is 2.86. The lowest BCUT2D eigenvalue weighted by atomic mass is 10.0. The van der Waals surface area contributed by atoms with Crippen molar-refractivity contribution < 1.29 is 4.57 Å². The zero-order chi connectivity index (χ0) is 15.3. The van der Waals surface area contributed by atoms with Crippen LogP contribution in [0.2, 0.25) is 0 Å². The van der Waals surface area contributed by atoms with Crippen molar-refractivity contribution in [3.05, 3.63) is 71.0 Å². The molecule has 1 heterocycles. The summed E-state index contributed by atoms with van der Waals surface area (Å²) in [5.74, 6) is 0. The van der Waals surface area contributed by atoms with E-state index >= 15 is 0 Å². The lowest BCUT2D eigenvalue weighted by Gasteiger charge is -2.08. The number of fused-ring (bicyclic) bond motifs is 3. The molecule has 0 saturated carbocycles. The van der Waals surface area contributed by atoms with Crippen LogP contribution in [-0.2, 0) is 13.5 Å². The Hall–Kier alpha value is -2.48. The number of hydrogen-bond acceptors (Lipinski definition) is 1. The van der Waals surface area contributed by atoms with Gasteiger partial charge in [0.2, 0.25) is 11.4 Å². The van der Waals surface area contributed by atoms with Gasteiger partial charge in [-0.25, -0.2) is 4.98 Å². The topological polar surface area (TPSA) is 16.8 Å². The van der Waals surface area contributed by atoms with Gasteiger partial charge in [0.25, 0.3) is 0 Å². The van der Waals surface area contributed by atoms with Gasteiger partial charge < -0.3 is 0 Å². The molecule has 1 aliphatic carbocycles. The summed E-state index contributed by atoms with van der Waals surface area (Å²) in [5, 5.41) is 0. The Morgan fingerprint density at radius 2 is 1.82 bits per heavy atom. The molecule has 0 aliphatic heterocycles. The van der Waals surface area contributed by atoms with Crippen molar-refractivity contribution in [1.82, 2.24) is 4.98 Å². The van der Waals surface area contributed by atoms with Gasteiger partial charge in [0, 0.05) is 5.56 Å². The number of hydrogen-bond donors (Lipinski definition) is 0. The Balaban J connectivity index is 1.92. The molecule has 0 unspecified atom stereocenters. The van der Waals surface area contributed by atoms with Crippen molar-refractivity contribution in [2.24, 2.45) is 7.05 Å². The number of benzene rings is 2. The van der Waals surface area contributed by atoms with Crippen LogP contribution in [0.1, 0.15) is 22.4 Å². The average molecular weight is 287 g/mol. The zero-order valence-corrected chi connectivity index (χ0v) is 13.2. The fourth-order valence-electron chi connectivity index (χ4n) is 3.37. The molecule has 108 valence electrons. The summed E-state index contributed by atoms with van der Waals surface area (Å²) < 4.78 is 2.31. The highest BCUT2D eigenvalue weighted by molar-refractivity contribution is 5.72. The third-order valence-corrected chi connectivity index (χ3v) is 4.65. The molecule has 22 heavy (non-hydrogen) atoms. The van der Waals surface area contributed by atoms with Crippen molar-refractivity contribution >= 4 is 0 Å². The van der Waals surface area contributed by atoms with Crippen molar-refractivity contribution in [2.75, 3.05) is 0 Å². The molecule has 2 aromatic carbocycles. The van der Waals surface area contributed by atoms with Crippen LogP contribution in [0.15, 0.2) is 48.7 Å². The van der Waals surface area contributed by atoms with E-state index in [0.717, 1.165) is 12.1 Å². The van der Waals surface area contributed by atoms with Crippen molar-refractivity contribution in [3.8, 4) is 22.5 Å². The predicted molar refractivity (Wildman–Crippen MR) is 88.6 cm³/mol. The van der Waals surface area contributed by atoms with E-state index in [-0.39, 0.29) is 0 Å². The fourth-order valence-corrected chi connectivity index (χ4v) is 3.37. The van der Waals surface area contributed by atoms with Gasteiger partial charge in [0.1, 0.15) is 18.9 Å². The van der Waals surface area contributed by atoms with Crippen LogP contribution in [0.5, 0.6) is 0 Å². The second-order valence-electron chi connectivity index (χ2n) is 6.15. The van der Waals surface area contributed by atoms with E-state index in [1.165, 1.54) is 39.2 Å². The maximum absolute atomic E-state index is 4.79. The lowest BCUT2D eigenvalue weighted by molar-refractivity contribution is -0.667. The van der Waals surface area contributed by atoms with Gasteiger partial charge in [-0.3, -0.25) is 0 Å². The van der Waals surface area contributed by atoms with Crippen LogP contribution in [-0.4, -0.2) is 4.98 Å². The van der Waals surface area contributed by atoms with Gasteiger partial charge in [-0.15, -0.1) is 0 Å². The Bertz CT molecular complexity index is 894. The Labute approximate surface area is 131 Å².